The summed E-state index contributed by atoms with van der Waals surface area (Å²) in [6.07, 6.45) is 2.72. The zero-order valence-electron chi connectivity index (χ0n) is 15.8. The van der Waals surface area contributed by atoms with Gasteiger partial charge in [0.2, 0.25) is 0 Å². The Hall–Kier alpha value is -2.53. The van der Waals surface area contributed by atoms with Crippen LogP contribution in [0.15, 0.2) is 53.4 Å². The maximum Gasteiger partial charge on any atom is 0.293 e. The minimum atomic E-state index is -0.260. The molecule has 0 aromatic heterocycles. The van der Waals surface area contributed by atoms with Crippen LogP contribution in [0.3, 0.4) is 0 Å². The van der Waals surface area contributed by atoms with Crippen LogP contribution in [0.25, 0.3) is 6.08 Å². The van der Waals surface area contributed by atoms with Gasteiger partial charge >= 0.3 is 0 Å². The van der Waals surface area contributed by atoms with E-state index < -0.39 is 0 Å². The number of hydrogen-bond acceptors (Lipinski definition) is 4. The second-order valence-electron chi connectivity index (χ2n) is 6.63. The quantitative estimate of drug-likeness (QED) is 0.628. The molecule has 2 aromatic carbocycles. The third-order valence-corrected chi connectivity index (χ3v) is 5.35. The molecule has 1 fully saturated rings. The first kappa shape index (κ1) is 19.2. The average molecular weight is 381 g/mol. The fraction of sp³-hybridized carbons (Fsp3) is 0.273. The summed E-state index contributed by atoms with van der Waals surface area (Å²) < 4.78 is 5.94. The van der Waals surface area contributed by atoms with Gasteiger partial charge in [-0.2, -0.15) is 0 Å². The summed E-state index contributed by atoms with van der Waals surface area (Å²) >= 11 is 0.975. The lowest BCUT2D eigenvalue weighted by molar-refractivity contribution is -0.123. The number of amides is 2. The average Bonchev–Trinajstić information content (AvgIpc) is 2.92. The van der Waals surface area contributed by atoms with Gasteiger partial charge in [0.1, 0.15) is 5.75 Å². The van der Waals surface area contributed by atoms with E-state index in [4.69, 9.17) is 4.74 Å². The number of benzene rings is 2. The van der Waals surface area contributed by atoms with E-state index in [1.807, 2.05) is 62.4 Å². The molecule has 0 saturated carbocycles. The van der Waals surface area contributed by atoms with E-state index >= 15 is 0 Å². The van der Waals surface area contributed by atoms with Gasteiger partial charge in [-0.25, -0.2) is 0 Å². The van der Waals surface area contributed by atoms with Gasteiger partial charge in [0.15, 0.2) is 0 Å². The van der Waals surface area contributed by atoms with Crippen LogP contribution in [0, 0.1) is 6.92 Å². The number of ether oxygens (including phenoxy) is 1. The number of carbonyl (C=O) groups is 2. The Morgan fingerprint density at radius 3 is 2.52 bits per heavy atom. The molecule has 1 heterocycles. The highest BCUT2D eigenvalue weighted by Crippen LogP contribution is 2.35. The van der Waals surface area contributed by atoms with Crippen molar-refractivity contribution in [3.05, 3.63) is 70.1 Å². The molecule has 0 aliphatic carbocycles. The number of carbonyl (C=O) groups excluding carboxylic acids is 2. The number of nitrogens with zero attached hydrogens (tertiary/aromatic N) is 1. The SMILES string of the molecule is CC[C@H](C)Oc1ccccc1/C=C1/SC(=O)N(Cc2ccc(C)cc2)C1=O. The largest absolute Gasteiger partial charge is 0.490 e. The zero-order chi connectivity index (χ0) is 19.4. The molecule has 0 N–H and O–H groups in total. The van der Waals surface area contributed by atoms with E-state index in [-0.39, 0.29) is 23.8 Å². The maximum atomic E-state index is 12.8. The predicted octanol–water partition coefficient (Wildman–Crippen LogP) is 5.41. The van der Waals surface area contributed by atoms with E-state index in [1.165, 1.54) is 4.90 Å². The topological polar surface area (TPSA) is 46.6 Å². The Bertz CT molecular complexity index is 873. The van der Waals surface area contributed by atoms with Gasteiger partial charge in [-0.05, 0) is 49.7 Å². The summed E-state index contributed by atoms with van der Waals surface area (Å²) in [6.45, 7) is 6.36. The number of aryl methyl sites for hydroxylation is 1. The van der Waals surface area contributed by atoms with Crippen molar-refractivity contribution in [2.24, 2.45) is 0 Å². The summed E-state index contributed by atoms with van der Waals surface area (Å²) in [5.74, 6) is 0.459. The van der Waals surface area contributed by atoms with Crippen LogP contribution in [0.4, 0.5) is 4.79 Å². The molecule has 2 amide bonds. The molecule has 2 aromatic rings. The first-order valence-electron chi connectivity index (χ1n) is 9.04. The van der Waals surface area contributed by atoms with E-state index in [9.17, 15) is 9.59 Å². The molecule has 5 heteroatoms. The molecule has 27 heavy (non-hydrogen) atoms. The summed E-state index contributed by atoms with van der Waals surface area (Å²) in [5, 5.41) is -0.243. The Labute approximate surface area is 164 Å². The number of imide groups is 1. The van der Waals surface area contributed by atoms with E-state index in [1.54, 1.807) is 6.08 Å². The van der Waals surface area contributed by atoms with Crippen molar-refractivity contribution < 1.29 is 14.3 Å². The first-order valence-corrected chi connectivity index (χ1v) is 9.86. The first-order chi connectivity index (χ1) is 13.0. The third kappa shape index (κ3) is 4.61. The standard InChI is InChI=1S/C22H23NO3S/c1-4-16(3)26-19-8-6-5-7-18(19)13-20-21(24)23(22(25)27-20)14-17-11-9-15(2)10-12-17/h5-13,16H,4,14H2,1-3H3/b20-13+/t16-/m0/s1. The second kappa shape index (κ2) is 8.44. The smallest absolute Gasteiger partial charge is 0.293 e. The number of rotatable bonds is 6. The molecule has 1 atom stereocenters. The molecule has 0 unspecified atom stereocenters. The molecule has 0 radical (unpaired) electrons. The summed E-state index contributed by atoms with van der Waals surface area (Å²) in [6, 6.07) is 15.4. The summed E-state index contributed by atoms with van der Waals surface area (Å²) in [7, 11) is 0. The number of hydrogen-bond donors (Lipinski definition) is 0. The second-order valence-corrected chi connectivity index (χ2v) is 7.62. The minimum absolute atomic E-state index is 0.0798. The van der Waals surface area contributed by atoms with Crippen LogP contribution >= 0.6 is 11.8 Å². The van der Waals surface area contributed by atoms with Gasteiger partial charge in [-0.3, -0.25) is 14.5 Å². The molecular weight excluding hydrogens is 358 g/mol. The lowest BCUT2D eigenvalue weighted by Crippen LogP contribution is -2.27. The predicted molar refractivity (Wildman–Crippen MR) is 110 cm³/mol. The van der Waals surface area contributed by atoms with Gasteiger partial charge in [0.25, 0.3) is 11.1 Å². The van der Waals surface area contributed by atoms with Crippen molar-refractivity contribution in [3.63, 3.8) is 0 Å². The Morgan fingerprint density at radius 1 is 1.11 bits per heavy atom. The number of para-hydroxylation sites is 1. The van der Waals surface area contributed by atoms with Crippen molar-refractivity contribution in [3.8, 4) is 5.75 Å². The lowest BCUT2D eigenvalue weighted by atomic mass is 10.1. The molecule has 0 spiro atoms. The Balaban J connectivity index is 1.81. The van der Waals surface area contributed by atoms with Crippen molar-refractivity contribution in [2.75, 3.05) is 0 Å². The lowest BCUT2D eigenvalue weighted by Gasteiger charge is -2.15. The molecule has 3 rings (SSSR count). The van der Waals surface area contributed by atoms with Gasteiger partial charge in [0, 0.05) is 5.56 Å². The molecule has 1 aliphatic heterocycles. The normalized spacial score (nSPS) is 16.9. The van der Waals surface area contributed by atoms with Crippen LogP contribution in [-0.2, 0) is 11.3 Å². The summed E-state index contributed by atoms with van der Waals surface area (Å²) in [4.78, 5) is 26.8. The van der Waals surface area contributed by atoms with Crippen LogP contribution < -0.4 is 4.74 Å². The van der Waals surface area contributed by atoms with Crippen molar-refractivity contribution in [1.82, 2.24) is 4.90 Å². The van der Waals surface area contributed by atoms with Crippen LogP contribution in [0.1, 0.15) is 37.0 Å². The van der Waals surface area contributed by atoms with E-state index in [2.05, 4.69) is 6.92 Å². The molecule has 1 saturated heterocycles. The molecule has 140 valence electrons. The number of thioether (sulfide) groups is 1. The fourth-order valence-electron chi connectivity index (χ4n) is 2.66. The van der Waals surface area contributed by atoms with Crippen molar-refractivity contribution in [2.45, 2.75) is 39.8 Å². The van der Waals surface area contributed by atoms with Gasteiger partial charge < -0.3 is 4.74 Å². The molecule has 4 nitrogen and oxygen atoms in total. The highest BCUT2D eigenvalue weighted by atomic mass is 32.2. The summed E-state index contributed by atoms with van der Waals surface area (Å²) in [5.41, 5.74) is 2.88. The molecule has 1 aliphatic rings. The highest BCUT2D eigenvalue weighted by molar-refractivity contribution is 8.18. The molecular formula is C22H23NO3S. The Kier molecular flexibility index (Phi) is 6.01. The fourth-order valence-corrected chi connectivity index (χ4v) is 3.49. The zero-order valence-corrected chi connectivity index (χ0v) is 16.6. The van der Waals surface area contributed by atoms with Gasteiger partial charge in [-0.15, -0.1) is 0 Å². The third-order valence-electron chi connectivity index (χ3n) is 4.44. The van der Waals surface area contributed by atoms with Crippen LogP contribution in [-0.4, -0.2) is 22.2 Å². The maximum absolute atomic E-state index is 12.8. The van der Waals surface area contributed by atoms with Crippen LogP contribution in [0.2, 0.25) is 0 Å². The molecule has 0 bridgehead atoms. The van der Waals surface area contributed by atoms with Gasteiger partial charge in [-0.1, -0.05) is 55.0 Å². The van der Waals surface area contributed by atoms with E-state index in [0.29, 0.717) is 4.91 Å². The Morgan fingerprint density at radius 2 is 1.81 bits per heavy atom. The van der Waals surface area contributed by atoms with Crippen LogP contribution in [0.5, 0.6) is 5.75 Å². The monoisotopic (exact) mass is 381 g/mol. The van der Waals surface area contributed by atoms with Crippen molar-refractivity contribution in [1.29, 1.82) is 0 Å². The minimum Gasteiger partial charge on any atom is -0.490 e. The van der Waals surface area contributed by atoms with E-state index in [0.717, 1.165) is 40.6 Å². The highest BCUT2D eigenvalue weighted by Gasteiger charge is 2.35. The van der Waals surface area contributed by atoms with Crippen molar-refractivity contribution >= 4 is 29.0 Å². The van der Waals surface area contributed by atoms with Gasteiger partial charge in [0.05, 0.1) is 17.6 Å².